The topological polar surface area (TPSA) is 61.4 Å². The quantitative estimate of drug-likeness (QED) is 0.876. The Morgan fingerprint density at radius 2 is 2.14 bits per heavy atom. The largest absolute Gasteiger partial charge is 0.352 e. The fourth-order valence-electron chi connectivity index (χ4n) is 2.88. The molecular formula is C15H19Cl2N3O2. The van der Waals surface area contributed by atoms with Crippen LogP contribution >= 0.6 is 24.0 Å². The summed E-state index contributed by atoms with van der Waals surface area (Å²) in [5.41, 5.74) is 0.682. The Bertz CT molecular complexity index is 561. The van der Waals surface area contributed by atoms with E-state index in [1.54, 1.807) is 17.0 Å². The molecule has 5 nitrogen and oxygen atoms in total. The van der Waals surface area contributed by atoms with Gasteiger partial charge in [0.25, 0.3) is 0 Å². The molecule has 2 unspecified atom stereocenters. The van der Waals surface area contributed by atoms with E-state index in [9.17, 15) is 9.59 Å². The number of hydrogen-bond acceptors (Lipinski definition) is 3. The summed E-state index contributed by atoms with van der Waals surface area (Å²) >= 11 is 6.13. The molecule has 120 valence electrons. The lowest BCUT2D eigenvalue weighted by Gasteiger charge is -2.18. The van der Waals surface area contributed by atoms with Crippen LogP contribution in [0.5, 0.6) is 0 Å². The van der Waals surface area contributed by atoms with Crippen molar-refractivity contribution in [2.24, 2.45) is 5.92 Å². The normalized spacial score (nSPS) is 24.2. The second kappa shape index (κ2) is 7.31. The van der Waals surface area contributed by atoms with Crippen LogP contribution in [0.15, 0.2) is 24.3 Å². The van der Waals surface area contributed by atoms with Crippen molar-refractivity contribution < 1.29 is 9.59 Å². The van der Waals surface area contributed by atoms with Gasteiger partial charge in [-0.25, -0.2) is 0 Å². The summed E-state index contributed by atoms with van der Waals surface area (Å²) in [6.07, 6.45) is 1.19. The summed E-state index contributed by atoms with van der Waals surface area (Å²) in [7, 11) is 0. The smallest absolute Gasteiger partial charge is 0.227 e. The molecule has 2 fully saturated rings. The number of hydrogen-bond donors (Lipinski definition) is 2. The van der Waals surface area contributed by atoms with Crippen molar-refractivity contribution in [3.63, 3.8) is 0 Å². The summed E-state index contributed by atoms with van der Waals surface area (Å²) in [5, 5.41) is 6.76. The van der Waals surface area contributed by atoms with Crippen LogP contribution in [-0.2, 0) is 9.59 Å². The van der Waals surface area contributed by atoms with Crippen LogP contribution < -0.4 is 15.5 Å². The Morgan fingerprint density at radius 3 is 2.82 bits per heavy atom. The molecule has 2 aliphatic heterocycles. The molecule has 0 bridgehead atoms. The van der Waals surface area contributed by atoms with E-state index in [2.05, 4.69) is 10.6 Å². The fraction of sp³-hybridized carbons (Fsp3) is 0.467. The van der Waals surface area contributed by atoms with E-state index in [-0.39, 0.29) is 42.6 Å². The van der Waals surface area contributed by atoms with Crippen LogP contribution in [0, 0.1) is 5.92 Å². The maximum atomic E-state index is 12.3. The number of benzene rings is 1. The van der Waals surface area contributed by atoms with Crippen molar-refractivity contribution >= 4 is 41.5 Å². The summed E-state index contributed by atoms with van der Waals surface area (Å²) in [5.74, 6) is -0.381. The van der Waals surface area contributed by atoms with Crippen molar-refractivity contribution in [2.75, 3.05) is 24.5 Å². The number of para-hydroxylation sites is 1. The van der Waals surface area contributed by atoms with E-state index in [4.69, 9.17) is 11.6 Å². The molecule has 22 heavy (non-hydrogen) atoms. The first kappa shape index (κ1) is 17.1. The molecule has 0 spiro atoms. The number of anilines is 1. The van der Waals surface area contributed by atoms with Gasteiger partial charge in [-0.1, -0.05) is 23.7 Å². The van der Waals surface area contributed by atoms with Crippen molar-refractivity contribution in [3.05, 3.63) is 29.3 Å². The highest BCUT2D eigenvalue weighted by molar-refractivity contribution is 6.33. The zero-order valence-corrected chi connectivity index (χ0v) is 13.6. The summed E-state index contributed by atoms with van der Waals surface area (Å²) in [4.78, 5) is 26.0. The molecule has 0 saturated carbocycles. The highest BCUT2D eigenvalue weighted by Gasteiger charge is 2.36. The predicted molar refractivity (Wildman–Crippen MR) is 88.6 cm³/mol. The number of nitrogens with one attached hydrogen (secondary N) is 2. The van der Waals surface area contributed by atoms with Gasteiger partial charge in [-0.15, -0.1) is 12.4 Å². The minimum Gasteiger partial charge on any atom is -0.352 e. The zero-order chi connectivity index (χ0) is 14.8. The van der Waals surface area contributed by atoms with Crippen LogP contribution in [0.2, 0.25) is 5.02 Å². The highest BCUT2D eigenvalue weighted by atomic mass is 35.5. The van der Waals surface area contributed by atoms with Crippen LogP contribution in [-0.4, -0.2) is 37.5 Å². The van der Waals surface area contributed by atoms with Gasteiger partial charge < -0.3 is 15.5 Å². The predicted octanol–water partition coefficient (Wildman–Crippen LogP) is 1.59. The number of amides is 2. The zero-order valence-electron chi connectivity index (χ0n) is 12.0. The van der Waals surface area contributed by atoms with Gasteiger partial charge in [0.15, 0.2) is 0 Å². The van der Waals surface area contributed by atoms with Crippen molar-refractivity contribution in [2.45, 2.75) is 18.9 Å². The number of rotatable bonds is 3. The van der Waals surface area contributed by atoms with Crippen LogP contribution in [0.4, 0.5) is 5.69 Å². The van der Waals surface area contributed by atoms with Gasteiger partial charge in [-0.2, -0.15) is 0 Å². The molecule has 2 aliphatic rings. The van der Waals surface area contributed by atoms with Gasteiger partial charge in [-0.3, -0.25) is 9.59 Å². The number of halogens is 2. The Kier molecular flexibility index (Phi) is 5.67. The van der Waals surface area contributed by atoms with E-state index >= 15 is 0 Å². The molecule has 1 aromatic rings. The van der Waals surface area contributed by atoms with E-state index in [0.29, 0.717) is 17.3 Å². The summed E-state index contributed by atoms with van der Waals surface area (Å²) in [6, 6.07) is 7.40. The molecule has 2 atom stereocenters. The maximum absolute atomic E-state index is 12.3. The van der Waals surface area contributed by atoms with Crippen molar-refractivity contribution in [1.29, 1.82) is 0 Å². The molecule has 2 saturated heterocycles. The first-order valence-electron chi connectivity index (χ1n) is 7.21. The third-order valence-electron chi connectivity index (χ3n) is 4.05. The molecule has 2 N–H and O–H groups in total. The molecule has 7 heteroatoms. The number of carbonyl (C=O) groups is 2. The highest BCUT2D eigenvalue weighted by Crippen LogP contribution is 2.31. The standard InChI is InChI=1S/C15H18ClN3O2.ClH/c16-12-3-1-2-4-13(12)19-9-10(7-14(19)20)15(21)18-11-5-6-17-8-11;/h1-4,10-11,17H,5-9H2,(H,18,21);1H. The van der Waals surface area contributed by atoms with Gasteiger partial charge in [0.1, 0.15) is 0 Å². The summed E-state index contributed by atoms with van der Waals surface area (Å²) < 4.78 is 0. The fourth-order valence-corrected chi connectivity index (χ4v) is 3.12. The summed E-state index contributed by atoms with van der Waals surface area (Å²) in [6.45, 7) is 2.13. The van der Waals surface area contributed by atoms with Gasteiger partial charge >= 0.3 is 0 Å². The van der Waals surface area contributed by atoms with Crippen molar-refractivity contribution in [1.82, 2.24) is 10.6 Å². The maximum Gasteiger partial charge on any atom is 0.227 e. The van der Waals surface area contributed by atoms with E-state index in [0.717, 1.165) is 19.5 Å². The molecule has 1 aromatic carbocycles. The lowest BCUT2D eigenvalue weighted by molar-refractivity contribution is -0.126. The van der Waals surface area contributed by atoms with Crippen LogP contribution in [0.1, 0.15) is 12.8 Å². The Labute approximate surface area is 140 Å². The van der Waals surface area contributed by atoms with Gasteiger partial charge in [0, 0.05) is 25.6 Å². The second-order valence-corrected chi connectivity index (χ2v) is 5.96. The average molecular weight is 344 g/mol. The Morgan fingerprint density at radius 1 is 1.36 bits per heavy atom. The van der Waals surface area contributed by atoms with E-state index in [1.807, 2.05) is 12.1 Å². The van der Waals surface area contributed by atoms with Gasteiger partial charge in [0.05, 0.1) is 16.6 Å². The molecular weight excluding hydrogens is 325 g/mol. The minimum absolute atomic E-state index is 0. The molecule has 0 aliphatic carbocycles. The molecule has 0 aromatic heterocycles. The number of nitrogens with zero attached hydrogens (tertiary/aromatic N) is 1. The Hall–Kier alpha value is -1.30. The third-order valence-corrected chi connectivity index (χ3v) is 4.37. The number of carbonyl (C=O) groups excluding carboxylic acids is 2. The van der Waals surface area contributed by atoms with Gasteiger partial charge in [0.2, 0.25) is 11.8 Å². The molecule has 2 amide bonds. The molecule has 3 rings (SSSR count). The van der Waals surface area contributed by atoms with Crippen molar-refractivity contribution in [3.8, 4) is 0 Å². The third kappa shape index (κ3) is 3.54. The van der Waals surface area contributed by atoms with Crippen LogP contribution in [0.25, 0.3) is 0 Å². The molecule has 0 radical (unpaired) electrons. The van der Waals surface area contributed by atoms with E-state index < -0.39 is 0 Å². The first-order valence-corrected chi connectivity index (χ1v) is 7.59. The van der Waals surface area contributed by atoms with E-state index in [1.165, 1.54) is 0 Å². The lowest BCUT2D eigenvalue weighted by atomic mass is 10.1. The monoisotopic (exact) mass is 343 g/mol. The lowest BCUT2D eigenvalue weighted by Crippen LogP contribution is -2.40. The Balaban J connectivity index is 0.00000176. The SMILES string of the molecule is Cl.O=C(NC1CCNC1)C1CC(=O)N(c2ccccc2Cl)C1. The second-order valence-electron chi connectivity index (χ2n) is 5.56. The minimum atomic E-state index is -0.297. The van der Waals surface area contributed by atoms with Crippen LogP contribution in [0.3, 0.4) is 0 Å². The van der Waals surface area contributed by atoms with Gasteiger partial charge in [-0.05, 0) is 25.1 Å². The first-order chi connectivity index (χ1) is 10.1. The molecule has 2 heterocycles. The average Bonchev–Trinajstić information content (AvgIpc) is 3.09.